The van der Waals surface area contributed by atoms with Crippen LogP contribution < -0.4 is 4.74 Å². The Morgan fingerprint density at radius 2 is 2.10 bits per heavy atom. The maximum Gasteiger partial charge on any atom is 0.260 e. The SMILES string of the molecule is CN(C(=O)COc1ccc2ccsc2c1)C(CN1CCC(O)C1)c1ccccc1. The number of carbonyl (C=O) groups is 1. The van der Waals surface area contributed by atoms with Crippen LogP contribution in [0.15, 0.2) is 60.0 Å². The Morgan fingerprint density at radius 3 is 2.86 bits per heavy atom. The van der Waals surface area contributed by atoms with Crippen LogP contribution in [-0.4, -0.2) is 60.2 Å². The largest absolute Gasteiger partial charge is 0.484 e. The molecule has 1 amide bonds. The number of hydrogen-bond acceptors (Lipinski definition) is 5. The van der Waals surface area contributed by atoms with Crippen molar-refractivity contribution in [2.45, 2.75) is 18.6 Å². The van der Waals surface area contributed by atoms with Crippen LogP contribution in [0.3, 0.4) is 0 Å². The van der Waals surface area contributed by atoms with Crippen molar-refractivity contribution in [1.29, 1.82) is 0 Å². The molecule has 2 atom stereocenters. The number of likely N-dealkylation sites (N-methyl/N-ethyl adjacent to an activating group) is 1. The second kappa shape index (κ2) is 8.95. The highest BCUT2D eigenvalue weighted by Gasteiger charge is 2.28. The number of aliphatic hydroxyl groups is 1. The molecule has 0 spiro atoms. The molecule has 0 radical (unpaired) electrons. The number of rotatable bonds is 7. The summed E-state index contributed by atoms with van der Waals surface area (Å²) in [5.41, 5.74) is 1.09. The minimum Gasteiger partial charge on any atom is -0.484 e. The number of aliphatic hydroxyl groups excluding tert-OH is 1. The highest BCUT2D eigenvalue weighted by atomic mass is 32.1. The topological polar surface area (TPSA) is 53.0 Å². The summed E-state index contributed by atoms with van der Waals surface area (Å²) in [5.74, 6) is 0.644. The Bertz CT molecular complexity index is 959. The van der Waals surface area contributed by atoms with Gasteiger partial charge in [0.25, 0.3) is 5.91 Å². The normalized spacial score (nSPS) is 18.1. The molecule has 1 saturated heterocycles. The monoisotopic (exact) mass is 410 g/mol. The summed E-state index contributed by atoms with van der Waals surface area (Å²) in [5, 5.41) is 13.1. The molecule has 4 rings (SSSR count). The van der Waals surface area contributed by atoms with E-state index in [0.717, 1.165) is 23.2 Å². The van der Waals surface area contributed by atoms with Gasteiger partial charge < -0.3 is 14.7 Å². The van der Waals surface area contributed by atoms with Gasteiger partial charge in [0.05, 0.1) is 12.1 Å². The minimum atomic E-state index is -0.275. The van der Waals surface area contributed by atoms with E-state index in [1.807, 2.05) is 61.0 Å². The Labute approximate surface area is 175 Å². The number of nitrogens with zero attached hydrogens (tertiary/aromatic N) is 2. The molecule has 3 aromatic rings. The van der Waals surface area contributed by atoms with Gasteiger partial charge >= 0.3 is 0 Å². The molecule has 2 unspecified atom stereocenters. The first-order chi connectivity index (χ1) is 14.1. The number of β-amino-alcohol motifs (C(OH)–C–C–N with tert-alkyl or cyclic N) is 1. The molecule has 1 aliphatic rings. The molecule has 0 aliphatic carbocycles. The molecule has 6 heteroatoms. The molecule has 5 nitrogen and oxygen atoms in total. The van der Waals surface area contributed by atoms with Crippen molar-refractivity contribution in [3.8, 4) is 5.75 Å². The van der Waals surface area contributed by atoms with Crippen molar-refractivity contribution in [2.24, 2.45) is 0 Å². The second-order valence-corrected chi connectivity index (χ2v) is 8.49. The van der Waals surface area contributed by atoms with E-state index < -0.39 is 0 Å². The van der Waals surface area contributed by atoms with E-state index >= 15 is 0 Å². The van der Waals surface area contributed by atoms with Gasteiger partial charge in [-0.3, -0.25) is 9.69 Å². The Balaban J connectivity index is 1.44. The number of fused-ring (bicyclic) bond motifs is 1. The summed E-state index contributed by atoms with van der Waals surface area (Å²) in [7, 11) is 1.83. The Hall–Kier alpha value is -2.41. The van der Waals surface area contributed by atoms with Crippen molar-refractivity contribution in [1.82, 2.24) is 9.80 Å². The van der Waals surface area contributed by atoms with E-state index in [-0.39, 0.29) is 24.7 Å². The van der Waals surface area contributed by atoms with E-state index in [1.165, 1.54) is 5.39 Å². The summed E-state index contributed by atoms with van der Waals surface area (Å²) in [4.78, 5) is 16.9. The van der Waals surface area contributed by atoms with Crippen molar-refractivity contribution in [2.75, 3.05) is 33.3 Å². The maximum atomic E-state index is 12.9. The predicted octanol–water partition coefficient (Wildman–Crippen LogP) is 3.55. The van der Waals surface area contributed by atoms with Crippen LogP contribution in [-0.2, 0) is 4.79 Å². The molecule has 2 aromatic carbocycles. The fourth-order valence-electron chi connectivity index (χ4n) is 3.79. The molecule has 0 bridgehead atoms. The van der Waals surface area contributed by atoms with E-state index in [1.54, 1.807) is 16.2 Å². The molecule has 1 N–H and O–H groups in total. The van der Waals surface area contributed by atoms with Crippen molar-refractivity contribution < 1.29 is 14.6 Å². The van der Waals surface area contributed by atoms with Crippen LogP contribution in [0.5, 0.6) is 5.75 Å². The van der Waals surface area contributed by atoms with Crippen LogP contribution in [0.1, 0.15) is 18.0 Å². The van der Waals surface area contributed by atoms with Gasteiger partial charge in [-0.05, 0) is 47.0 Å². The van der Waals surface area contributed by atoms with Crippen molar-refractivity contribution >= 4 is 27.3 Å². The molecule has 0 saturated carbocycles. The molecule has 29 heavy (non-hydrogen) atoms. The third-order valence-electron chi connectivity index (χ3n) is 5.51. The van der Waals surface area contributed by atoms with E-state index in [0.29, 0.717) is 18.8 Å². The van der Waals surface area contributed by atoms with Crippen LogP contribution >= 0.6 is 11.3 Å². The van der Waals surface area contributed by atoms with Crippen molar-refractivity contribution in [3.63, 3.8) is 0 Å². The molecule has 1 aromatic heterocycles. The predicted molar refractivity (Wildman–Crippen MR) is 116 cm³/mol. The minimum absolute atomic E-state index is 0.000654. The zero-order valence-corrected chi connectivity index (χ0v) is 17.3. The lowest BCUT2D eigenvalue weighted by Crippen LogP contribution is -2.40. The van der Waals surface area contributed by atoms with Crippen LogP contribution in [0.2, 0.25) is 0 Å². The van der Waals surface area contributed by atoms with Gasteiger partial charge in [0, 0.05) is 31.4 Å². The summed E-state index contributed by atoms with van der Waals surface area (Å²) in [6.07, 6.45) is 0.510. The molecular formula is C23H26N2O3S. The number of amides is 1. The van der Waals surface area contributed by atoms with Crippen LogP contribution in [0.25, 0.3) is 10.1 Å². The first kappa shape index (κ1) is 19.9. The number of likely N-dealkylation sites (tertiary alicyclic amines) is 1. The van der Waals surface area contributed by atoms with Gasteiger partial charge in [0.2, 0.25) is 0 Å². The van der Waals surface area contributed by atoms with E-state index in [4.69, 9.17) is 4.74 Å². The van der Waals surface area contributed by atoms with Gasteiger partial charge in [0.1, 0.15) is 5.75 Å². The smallest absolute Gasteiger partial charge is 0.260 e. The van der Waals surface area contributed by atoms with Gasteiger partial charge in [-0.1, -0.05) is 30.3 Å². The maximum absolute atomic E-state index is 12.9. The lowest BCUT2D eigenvalue weighted by atomic mass is 10.0. The molecule has 2 heterocycles. The van der Waals surface area contributed by atoms with Crippen LogP contribution in [0, 0.1) is 0 Å². The second-order valence-electron chi connectivity index (χ2n) is 7.54. The van der Waals surface area contributed by atoms with Gasteiger partial charge in [0.15, 0.2) is 6.61 Å². The number of carbonyl (C=O) groups excluding carboxylic acids is 1. The number of benzene rings is 2. The Morgan fingerprint density at radius 1 is 1.28 bits per heavy atom. The van der Waals surface area contributed by atoms with Crippen LogP contribution in [0.4, 0.5) is 0 Å². The van der Waals surface area contributed by atoms with Crippen molar-refractivity contribution in [3.05, 3.63) is 65.5 Å². The fraction of sp³-hybridized carbons (Fsp3) is 0.348. The zero-order valence-electron chi connectivity index (χ0n) is 16.5. The molecular weight excluding hydrogens is 384 g/mol. The van der Waals surface area contributed by atoms with Gasteiger partial charge in [-0.15, -0.1) is 11.3 Å². The van der Waals surface area contributed by atoms with Gasteiger partial charge in [-0.2, -0.15) is 0 Å². The average Bonchev–Trinajstić information content (AvgIpc) is 3.38. The molecule has 1 aliphatic heterocycles. The standard InChI is InChI=1S/C23H26N2O3S/c1-24(23(27)16-28-20-8-7-18-10-12-29-22(18)13-20)21(17-5-3-2-4-6-17)15-25-11-9-19(26)14-25/h2-8,10,12-13,19,21,26H,9,11,14-16H2,1H3. The molecule has 152 valence electrons. The fourth-order valence-corrected chi connectivity index (χ4v) is 4.61. The van der Waals surface area contributed by atoms with E-state index in [2.05, 4.69) is 11.0 Å². The number of ether oxygens (including phenoxy) is 1. The summed E-state index contributed by atoms with van der Waals surface area (Å²) in [6.45, 7) is 2.20. The lowest BCUT2D eigenvalue weighted by molar-refractivity contribution is -0.134. The first-order valence-corrected chi connectivity index (χ1v) is 10.8. The highest BCUT2D eigenvalue weighted by molar-refractivity contribution is 7.17. The quantitative estimate of drug-likeness (QED) is 0.647. The highest BCUT2D eigenvalue weighted by Crippen LogP contribution is 2.26. The zero-order chi connectivity index (χ0) is 20.2. The number of thiophene rings is 1. The Kier molecular flexibility index (Phi) is 6.13. The lowest BCUT2D eigenvalue weighted by Gasteiger charge is -2.32. The van der Waals surface area contributed by atoms with Gasteiger partial charge in [-0.25, -0.2) is 0 Å². The average molecular weight is 411 g/mol. The summed E-state index contributed by atoms with van der Waals surface area (Å²) >= 11 is 1.66. The third-order valence-corrected chi connectivity index (χ3v) is 6.39. The summed E-state index contributed by atoms with van der Waals surface area (Å²) in [6, 6.07) is 17.9. The van der Waals surface area contributed by atoms with E-state index in [9.17, 15) is 9.90 Å². The first-order valence-electron chi connectivity index (χ1n) is 9.91. The third kappa shape index (κ3) is 4.78. The molecule has 1 fully saturated rings. The summed E-state index contributed by atoms with van der Waals surface area (Å²) < 4.78 is 6.95. The number of hydrogen-bond donors (Lipinski definition) is 1.